The maximum atomic E-state index is 12.4. The summed E-state index contributed by atoms with van der Waals surface area (Å²) in [4.78, 5) is 12.2. The highest BCUT2D eigenvalue weighted by Gasteiger charge is 2.24. The van der Waals surface area contributed by atoms with Crippen molar-refractivity contribution in [3.8, 4) is 0 Å². The van der Waals surface area contributed by atoms with E-state index in [4.69, 9.17) is 15.4 Å². The van der Waals surface area contributed by atoms with Gasteiger partial charge in [0.05, 0.1) is 17.0 Å². The first-order valence-corrected chi connectivity index (χ1v) is 9.14. The molecule has 0 saturated carbocycles. The molecule has 0 saturated heterocycles. The Labute approximate surface area is 137 Å². The molecule has 1 aromatic carbocycles. The summed E-state index contributed by atoms with van der Waals surface area (Å²) in [7, 11) is 2.97. The molecular formula is C13H17BrClNO4S. The second-order valence-corrected chi connectivity index (χ2v) is 8.71. The molecule has 0 aromatic heterocycles. The summed E-state index contributed by atoms with van der Waals surface area (Å²) < 4.78 is 28.4. The van der Waals surface area contributed by atoms with Gasteiger partial charge in [0.1, 0.15) is 0 Å². The normalized spacial score (nSPS) is 12.3. The van der Waals surface area contributed by atoms with Crippen LogP contribution in [-0.2, 0) is 13.8 Å². The van der Waals surface area contributed by atoms with Crippen LogP contribution in [0.25, 0.3) is 0 Å². The molecule has 0 fully saturated rings. The van der Waals surface area contributed by atoms with Crippen LogP contribution in [-0.4, -0.2) is 33.6 Å². The van der Waals surface area contributed by atoms with Crippen LogP contribution in [0.4, 0.5) is 0 Å². The summed E-state index contributed by atoms with van der Waals surface area (Å²) in [5.74, 6) is -0.391. The van der Waals surface area contributed by atoms with Gasteiger partial charge >= 0.3 is 0 Å². The van der Waals surface area contributed by atoms with Gasteiger partial charge in [0.2, 0.25) is 0 Å². The molecule has 8 heteroatoms. The molecule has 118 valence electrons. The van der Waals surface area contributed by atoms with Crippen molar-refractivity contribution in [2.45, 2.75) is 31.2 Å². The van der Waals surface area contributed by atoms with Gasteiger partial charge in [0, 0.05) is 27.8 Å². The lowest BCUT2D eigenvalue weighted by Gasteiger charge is -2.25. The first kappa shape index (κ1) is 18.4. The summed E-state index contributed by atoms with van der Waals surface area (Å²) in [5.41, 5.74) is 0.290. The van der Waals surface area contributed by atoms with Gasteiger partial charge in [-0.3, -0.25) is 4.79 Å². The van der Waals surface area contributed by atoms with Gasteiger partial charge in [-0.1, -0.05) is 15.9 Å². The fourth-order valence-corrected chi connectivity index (χ4v) is 3.20. The third-order valence-corrected chi connectivity index (χ3v) is 4.96. The van der Waals surface area contributed by atoms with E-state index in [9.17, 15) is 13.2 Å². The molecule has 0 heterocycles. The molecule has 21 heavy (non-hydrogen) atoms. The van der Waals surface area contributed by atoms with Gasteiger partial charge < -0.3 is 10.1 Å². The van der Waals surface area contributed by atoms with E-state index in [1.54, 1.807) is 20.8 Å². The minimum absolute atomic E-state index is 0.128. The standard InChI is InChI=1S/C13H17BrClNO4S/c1-8-10(12(17)16-13(2,3)7-20-4)5-9(6-11(8)14)21(15,18)19/h5-6H,7H2,1-4H3,(H,16,17). The predicted octanol–water partition coefficient (Wildman–Crippen LogP) is 2.84. The van der Waals surface area contributed by atoms with E-state index >= 15 is 0 Å². The number of carbonyl (C=O) groups is 1. The molecule has 0 aliphatic rings. The Kier molecular flexibility index (Phi) is 5.83. The summed E-state index contributed by atoms with van der Waals surface area (Å²) >= 11 is 3.24. The van der Waals surface area contributed by atoms with Crippen molar-refractivity contribution in [3.63, 3.8) is 0 Å². The fraction of sp³-hybridized carbons (Fsp3) is 0.462. The highest BCUT2D eigenvalue weighted by Crippen LogP contribution is 2.27. The molecule has 0 spiro atoms. The van der Waals surface area contributed by atoms with Crippen molar-refractivity contribution in [3.05, 3.63) is 27.7 Å². The summed E-state index contributed by atoms with van der Waals surface area (Å²) in [6, 6.07) is 2.63. The average molecular weight is 399 g/mol. The van der Waals surface area contributed by atoms with E-state index in [1.165, 1.54) is 19.2 Å². The van der Waals surface area contributed by atoms with Crippen LogP contribution >= 0.6 is 26.6 Å². The average Bonchev–Trinajstić information content (AvgIpc) is 2.29. The van der Waals surface area contributed by atoms with Gasteiger partial charge in [-0.15, -0.1) is 0 Å². The van der Waals surface area contributed by atoms with Crippen molar-refractivity contribution in [1.29, 1.82) is 0 Å². The summed E-state index contributed by atoms with van der Waals surface area (Å²) in [6.45, 7) is 5.65. The van der Waals surface area contributed by atoms with E-state index in [-0.39, 0.29) is 10.5 Å². The Bertz CT molecular complexity index is 658. The zero-order chi connectivity index (χ0) is 16.4. The van der Waals surface area contributed by atoms with Crippen LogP contribution in [0.2, 0.25) is 0 Å². The van der Waals surface area contributed by atoms with Gasteiger partial charge in [-0.2, -0.15) is 0 Å². The number of ether oxygens (including phenoxy) is 1. The number of hydrogen-bond acceptors (Lipinski definition) is 4. The second-order valence-electron chi connectivity index (χ2n) is 5.29. The highest BCUT2D eigenvalue weighted by molar-refractivity contribution is 9.10. The highest BCUT2D eigenvalue weighted by atomic mass is 79.9. The lowest BCUT2D eigenvalue weighted by atomic mass is 10.0. The molecule has 0 atom stereocenters. The van der Waals surface area contributed by atoms with Gasteiger partial charge in [-0.05, 0) is 38.5 Å². The lowest BCUT2D eigenvalue weighted by molar-refractivity contribution is 0.0819. The van der Waals surface area contributed by atoms with Crippen molar-refractivity contribution in [1.82, 2.24) is 5.32 Å². The summed E-state index contributed by atoms with van der Waals surface area (Å²) in [6.07, 6.45) is 0. The first-order chi connectivity index (χ1) is 9.48. The van der Waals surface area contributed by atoms with Crippen LogP contribution in [0.15, 0.2) is 21.5 Å². The van der Waals surface area contributed by atoms with Crippen molar-refractivity contribution in [2.75, 3.05) is 13.7 Å². The number of hydrogen-bond donors (Lipinski definition) is 1. The summed E-state index contributed by atoms with van der Waals surface area (Å²) in [5, 5.41) is 2.80. The smallest absolute Gasteiger partial charge is 0.261 e. The second kappa shape index (κ2) is 6.64. The van der Waals surface area contributed by atoms with Crippen LogP contribution in [0.5, 0.6) is 0 Å². The quantitative estimate of drug-likeness (QED) is 0.774. The largest absolute Gasteiger partial charge is 0.382 e. The monoisotopic (exact) mass is 397 g/mol. The van der Waals surface area contributed by atoms with Gasteiger partial charge in [-0.25, -0.2) is 8.42 Å². The number of nitrogens with one attached hydrogen (secondary N) is 1. The number of benzene rings is 1. The molecule has 0 radical (unpaired) electrons. The van der Waals surface area contributed by atoms with Crippen LogP contribution < -0.4 is 5.32 Å². The third-order valence-electron chi connectivity index (χ3n) is 2.80. The number of rotatable bonds is 5. The third kappa shape index (κ3) is 4.95. The van der Waals surface area contributed by atoms with E-state index in [1.807, 2.05) is 0 Å². The van der Waals surface area contributed by atoms with Crippen molar-refractivity contribution >= 4 is 41.6 Å². The topological polar surface area (TPSA) is 72.5 Å². The number of carbonyl (C=O) groups excluding carboxylic acids is 1. The molecule has 1 N–H and O–H groups in total. The Morgan fingerprint density at radius 1 is 1.43 bits per heavy atom. The Morgan fingerprint density at radius 3 is 2.48 bits per heavy atom. The molecule has 1 aromatic rings. The molecule has 0 aliphatic heterocycles. The van der Waals surface area contributed by atoms with Crippen molar-refractivity contribution < 1.29 is 17.9 Å². The molecule has 5 nitrogen and oxygen atoms in total. The predicted molar refractivity (Wildman–Crippen MR) is 85.3 cm³/mol. The minimum atomic E-state index is -3.91. The maximum absolute atomic E-state index is 12.4. The zero-order valence-corrected chi connectivity index (χ0v) is 15.3. The Balaban J connectivity index is 3.24. The van der Waals surface area contributed by atoms with Crippen LogP contribution in [0.1, 0.15) is 29.8 Å². The number of methoxy groups -OCH3 is 1. The van der Waals surface area contributed by atoms with Gasteiger partial charge in [0.15, 0.2) is 0 Å². The Morgan fingerprint density at radius 2 is 2.00 bits per heavy atom. The molecule has 1 amide bonds. The molecule has 0 bridgehead atoms. The maximum Gasteiger partial charge on any atom is 0.261 e. The van der Waals surface area contributed by atoms with E-state index < -0.39 is 20.5 Å². The minimum Gasteiger partial charge on any atom is -0.382 e. The van der Waals surface area contributed by atoms with E-state index in [0.29, 0.717) is 16.6 Å². The number of halogens is 2. The Hall–Kier alpha value is -0.630. The van der Waals surface area contributed by atoms with Gasteiger partial charge in [0.25, 0.3) is 15.0 Å². The fourth-order valence-electron chi connectivity index (χ4n) is 1.80. The lowest BCUT2D eigenvalue weighted by Crippen LogP contribution is -2.47. The number of amides is 1. The van der Waals surface area contributed by atoms with Crippen LogP contribution in [0, 0.1) is 6.92 Å². The molecule has 0 aliphatic carbocycles. The molecule has 0 unspecified atom stereocenters. The van der Waals surface area contributed by atoms with E-state index in [0.717, 1.165) is 0 Å². The van der Waals surface area contributed by atoms with Crippen LogP contribution in [0.3, 0.4) is 0 Å². The molecular weight excluding hydrogens is 382 g/mol. The SMILES string of the molecule is COCC(C)(C)NC(=O)c1cc(S(=O)(=O)Cl)cc(Br)c1C. The van der Waals surface area contributed by atoms with E-state index in [2.05, 4.69) is 21.2 Å². The zero-order valence-electron chi connectivity index (χ0n) is 12.2. The van der Waals surface area contributed by atoms with Crippen molar-refractivity contribution in [2.24, 2.45) is 0 Å². The first-order valence-electron chi connectivity index (χ1n) is 6.04. The molecule has 1 rings (SSSR count).